The van der Waals surface area contributed by atoms with E-state index in [4.69, 9.17) is 17.3 Å². The normalized spacial score (nSPS) is 13.3. The standard InChI is InChI=1S/C17H27ClN2O/c1-12(2)15(19)9-10-20(5)16(21)17(3,4)13-7-6-8-14(18)11-13/h6-8,11-12,15H,9-10,19H2,1-5H3. The summed E-state index contributed by atoms with van der Waals surface area (Å²) in [6.45, 7) is 8.73. The summed E-state index contributed by atoms with van der Waals surface area (Å²) in [5.74, 6) is 0.509. The van der Waals surface area contributed by atoms with Gasteiger partial charge in [-0.25, -0.2) is 0 Å². The van der Waals surface area contributed by atoms with E-state index in [1.807, 2.05) is 45.2 Å². The summed E-state index contributed by atoms with van der Waals surface area (Å²) < 4.78 is 0. The third kappa shape index (κ3) is 4.72. The fraction of sp³-hybridized carbons (Fsp3) is 0.588. The van der Waals surface area contributed by atoms with E-state index in [0.717, 1.165) is 12.0 Å². The number of nitrogens with two attached hydrogens (primary N) is 1. The van der Waals surface area contributed by atoms with Crippen LogP contribution in [0.5, 0.6) is 0 Å². The Hall–Kier alpha value is -1.06. The van der Waals surface area contributed by atoms with Crippen LogP contribution in [-0.2, 0) is 10.2 Å². The average molecular weight is 311 g/mol. The van der Waals surface area contributed by atoms with Crippen LogP contribution < -0.4 is 5.73 Å². The van der Waals surface area contributed by atoms with Crippen LogP contribution in [0.15, 0.2) is 24.3 Å². The third-order valence-corrected chi connectivity index (χ3v) is 4.32. The van der Waals surface area contributed by atoms with E-state index in [-0.39, 0.29) is 11.9 Å². The first-order valence-electron chi connectivity index (χ1n) is 7.43. The van der Waals surface area contributed by atoms with Gasteiger partial charge in [0.25, 0.3) is 0 Å². The molecule has 1 rings (SSSR count). The zero-order valence-electron chi connectivity index (χ0n) is 13.7. The molecule has 1 amide bonds. The number of amides is 1. The number of carbonyl (C=O) groups is 1. The summed E-state index contributed by atoms with van der Waals surface area (Å²) in [6, 6.07) is 7.61. The lowest BCUT2D eigenvalue weighted by Gasteiger charge is -2.31. The summed E-state index contributed by atoms with van der Waals surface area (Å²) in [5.41, 5.74) is 6.38. The lowest BCUT2D eigenvalue weighted by Crippen LogP contribution is -2.43. The van der Waals surface area contributed by atoms with Gasteiger partial charge in [-0.2, -0.15) is 0 Å². The van der Waals surface area contributed by atoms with Crippen LogP contribution in [-0.4, -0.2) is 30.4 Å². The largest absolute Gasteiger partial charge is 0.345 e. The Kier molecular flexibility index (Phi) is 6.24. The number of carbonyl (C=O) groups excluding carboxylic acids is 1. The van der Waals surface area contributed by atoms with E-state index >= 15 is 0 Å². The average Bonchev–Trinajstić information content (AvgIpc) is 2.43. The van der Waals surface area contributed by atoms with Crippen LogP contribution >= 0.6 is 11.6 Å². The molecule has 1 unspecified atom stereocenters. The molecule has 0 bridgehead atoms. The smallest absolute Gasteiger partial charge is 0.232 e. The molecular weight excluding hydrogens is 284 g/mol. The molecule has 118 valence electrons. The number of hydrogen-bond acceptors (Lipinski definition) is 2. The van der Waals surface area contributed by atoms with E-state index in [1.54, 1.807) is 4.90 Å². The Labute approximate surface area is 133 Å². The van der Waals surface area contributed by atoms with Crippen molar-refractivity contribution in [1.29, 1.82) is 0 Å². The van der Waals surface area contributed by atoms with E-state index in [0.29, 0.717) is 17.5 Å². The van der Waals surface area contributed by atoms with E-state index in [9.17, 15) is 4.79 Å². The molecule has 1 aromatic rings. The highest BCUT2D eigenvalue weighted by molar-refractivity contribution is 6.30. The highest BCUT2D eigenvalue weighted by Crippen LogP contribution is 2.27. The van der Waals surface area contributed by atoms with Crippen molar-refractivity contribution >= 4 is 17.5 Å². The van der Waals surface area contributed by atoms with Crippen molar-refractivity contribution in [3.8, 4) is 0 Å². The molecule has 0 aliphatic rings. The summed E-state index contributed by atoms with van der Waals surface area (Å²) in [5, 5.41) is 0.651. The number of halogens is 1. The molecule has 0 radical (unpaired) electrons. The Morgan fingerprint density at radius 1 is 1.38 bits per heavy atom. The maximum Gasteiger partial charge on any atom is 0.232 e. The van der Waals surface area contributed by atoms with Crippen molar-refractivity contribution in [1.82, 2.24) is 4.90 Å². The fourth-order valence-corrected chi connectivity index (χ4v) is 2.45. The second kappa shape index (κ2) is 7.28. The van der Waals surface area contributed by atoms with Gasteiger partial charge in [-0.15, -0.1) is 0 Å². The van der Waals surface area contributed by atoms with E-state index < -0.39 is 5.41 Å². The molecule has 1 aromatic carbocycles. The second-order valence-corrected chi connectivity index (χ2v) is 7.00. The molecule has 0 spiro atoms. The minimum absolute atomic E-state index is 0.0840. The maximum atomic E-state index is 12.7. The Bertz CT molecular complexity index is 485. The van der Waals surface area contributed by atoms with Crippen molar-refractivity contribution in [2.75, 3.05) is 13.6 Å². The molecule has 3 nitrogen and oxygen atoms in total. The van der Waals surface area contributed by atoms with Gasteiger partial charge in [0.2, 0.25) is 5.91 Å². The second-order valence-electron chi connectivity index (χ2n) is 6.56. The van der Waals surface area contributed by atoms with Crippen molar-refractivity contribution < 1.29 is 4.79 Å². The van der Waals surface area contributed by atoms with Crippen molar-refractivity contribution in [2.45, 2.75) is 45.6 Å². The van der Waals surface area contributed by atoms with Gasteiger partial charge in [-0.1, -0.05) is 37.6 Å². The Balaban J connectivity index is 2.76. The third-order valence-electron chi connectivity index (χ3n) is 4.08. The van der Waals surface area contributed by atoms with Gasteiger partial charge in [-0.3, -0.25) is 4.79 Å². The molecule has 1 atom stereocenters. The molecule has 0 saturated heterocycles. The van der Waals surface area contributed by atoms with Crippen molar-refractivity contribution in [2.24, 2.45) is 11.7 Å². The lowest BCUT2D eigenvalue weighted by molar-refractivity contribution is -0.135. The number of nitrogens with zero attached hydrogens (tertiary/aromatic N) is 1. The molecule has 4 heteroatoms. The molecular formula is C17H27ClN2O. The number of hydrogen-bond donors (Lipinski definition) is 1. The quantitative estimate of drug-likeness (QED) is 0.874. The molecule has 0 aliphatic heterocycles. The number of benzene rings is 1. The van der Waals surface area contributed by atoms with Gasteiger partial charge < -0.3 is 10.6 Å². The lowest BCUT2D eigenvalue weighted by atomic mass is 9.83. The highest BCUT2D eigenvalue weighted by atomic mass is 35.5. The van der Waals surface area contributed by atoms with Crippen molar-refractivity contribution in [3.63, 3.8) is 0 Å². The molecule has 2 N–H and O–H groups in total. The maximum absolute atomic E-state index is 12.7. The fourth-order valence-electron chi connectivity index (χ4n) is 2.26. The van der Waals surface area contributed by atoms with Gasteiger partial charge in [0, 0.05) is 24.7 Å². The predicted molar refractivity (Wildman–Crippen MR) is 89.5 cm³/mol. The number of likely N-dealkylation sites (N-methyl/N-ethyl adjacent to an activating group) is 1. The minimum Gasteiger partial charge on any atom is -0.345 e. The predicted octanol–water partition coefficient (Wildman–Crippen LogP) is 3.45. The van der Waals surface area contributed by atoms with Gasteiger partial charge in [0.15, 0.2) is 0 Å². The van der Waals surface area contributed by atoms with Gasteiger partial charge in [0.05, 0.1) is 5.41 Å². The molecule has 0 fully saturated rings. The van der Waals surface area contributed by atoms with E-state index in [1.165, 1.54) is 0 Å². The molecule has 0 aliphatic carbocycles. The van der Waals surface area contributed by atoms with Crippen LogP contribution in [0.2, 0.25) is 5.02 Å². The van der Waals surface area contributed by atoms with Gasteiger partial charge in [-0.05, 0) is 43.9 Å². The summed E-state index contributed by atoms with van der Waals surface area (Å²) in [7, 11) is 1.83. The zero-order chi connectivity index (χ0) is 16.2. The SMILES string of the molecule is CC(C)C(N)CCN(C)C(=O)C(C)(C)c1cccc(Cl)c1. The first-order valence-corrected chi connectivity index (χ1v) is 7.81. The van der Waals surface area contributed by atoms with Crippen LogP contribution in [0.3, 0.4) is 0 Å². The Morgan fingerprint density at radius 3 is 2.52 bits per heavy atom. The highest BCUT2D eigenvalue weighted by Gasteiger charge is 2.32. The molecule has 0 heterocycles. The Morgan fingerprint density at radius 2 is 2.00 bits per heavy atom. The van der Waals surface area contributed by atoms with E-state index in [2.05, 4.69) is 13.8 Å². The molecule has 0 aromatic heterocycles. The molecule has 21 heavy (non-hydrogen) atoms. The number of rotatable bonds is 6. The van der Waals surface area contributed by atoms with Crippen LogP contribution in [0, 0.1) is 5.92 Å². The monoisotopic (exact) mass is 310 g/mol. The summed E-state index contributed by atoms with van der Waals surface area (Å²) >= 11 is 6.03. The first-order chi connectivity index (χ1) is 9.66. The van der Waals surface area contributed by atoms with Crippen LogP contribution in [0.1, 0.15) is 39.7 Å². The van der Waals surface area contributed by atoms with Crippen molar-refractivity contribution in [3.05, 3.63) is 34.9 Å². The van der Waals surface area contributed by atoms with Gasteiger partial charge in [0.1, 0.15) is 0 Å². The summed E-state index contributed by atoms with van der Waals surface area (Å²) in [4.78, 5) is 14.5. The van der Waals surface area contributed by atoms with Crippen LogP contribution in [0.4, 0.5) is 0 Å². The van der Waals surface area contributed by atoms with Gasteiger partial charge >= 0.3 is 0 Å². The van der Waals surface area contributed by atoms with Crippen LogP contribution in [0.25, 0.3) is 0 Å². The molecule has 0 saturated carbocycles. The zero-order valence-corrected chi connectivity index (χ0v) is 14.4. The topological polar surface area (TPSA) is 46.3 Å². The minimum atomic E-state index is -0.596. The summed E-state index contributed by atoms with van der Waals surface area (Å²) in [6.07, 6.45) is 0.811. The first kappa shape index (κ1) is 18.0.